The van der Waals surface area contributed by atoms with E-state index in [1.165, 1.54) is 5.69 Å². The first kappa shape index (κ1) is 15.5. The number of hydrogen-bond donors (Lipinski definition) is 1. The molecule has 0 aromatic heterocycles. The van der Waals surface area contributed by atoms with Crippen LogP contribution < -0.4 is 10.6 Å². The zero-order valence-corrected chi connectivity index (χ0v) is 12.1. The number of carbonyl (C=O) groups is 1. The summed E-state index contributed by atoms with van der Waals surface area (Å²) in [5.41, 5.74) is 8.14. The Hall–Kier alpha value is -1.55. The molecule has 0 saturated heterocycles. The van der Waals surface area contributed by atoms with Gasteiger partial charge in [0.25, 0.3) is 0 Å². The summed E-state index contributed by atoms with van der Waals surface area (Å²) in [6.07, 6.45) is 0.221. The lowest BCUT2D eigenvalue weighted by Crippen LogP contribution is -2.22. The molecule has 4 nitrogen and oxygen atoms in total. The van der Waals surface area contributed by atoms with E-state index in [9.17, 15) is 4.79 Å². The van der Waals surface area contributed by atoms with Gasteiger partial charge in [0.1, 0.15) is 0 Å². The molecule has 0 bridgehead atoms. The minimum Gasteiger partial charge on any atom is -0.466 e. The molecule has 106 valence electrons. The lowest BCUT2D eigenvalue weighted by atomic mass is 10.0. The highest BCUT2D eigenvalue weighted by molar-refractivity contribution is 5.70. The van der Waals surface area contributed by atoms with Crippen LogP contribution >= 0.6 is 0 Å². The molecule has 1 rings (SSSR count). The molecule has 0 heterocycles. The van der Waals surface area contributed by atoms with E-state index in [-0.39, 0.29) is 18.4 Å². The van der Waals surface area contributed by atoms with Crippen molar-refractivity contribution in [3.8, 4) is 0 Å². The van der Waals surface area contributed by atoms with E-state index in [4.69, 9.17) is 10.5 Å². The van der Waals surface area contributed by atoms with Crippen LogP contribution in [0.1, 0.15) is 38.8 Å². The number of carbonyl (C=O) groups excluding carboxylic acids is 1. The third-order valence-corrected chi connectivity index (χ3v) is 3.14. The first-order valence-corrected chi connectivity index (χ1v) is 6.88. The van der Waals surface area contributed by atoms with Gasteiger partial charge in [-0.05, 0) is 38.5 Å². The summed E-state index contributed by atoms with van der Waals surface area (Å²) >= 11 is 0. The van der Waals surface area contributed by atoms with Gasteiger partial charge in [-0.2, -0.15) is 0 Å². The van der Waals surface area contributed by atoms with Crippen LogP contribution in [0.25, 0.3) is 0 Å². The molecule has 0 amide bonds. The fourth-order valence-corrected chi connectivity index (χ4v) is 2.04. The molecule has 0 aliphatic heterocycles. The SMILES string of the molecule is CCOC(=O)C[C@H](N)c1ccc(N(CC)CC)cc1. The van der Waals surface area contributed by atoms with Crippen molar-refractivity contribution in [2.24, 2.45) is 5.73 Å². The number of esters is 1. The molecule has 1 aromatic carbocycles. The van der Waals surface area contributed by atoms with Gasteiger partial charge in [-0.15, -0.1) is 0 Å². The van der Waals surface area contributed by atoms with Gasteiger partial charge < -0.3 is 15.4 Å². The number of nitrogens with zero attached hydrogens (tertiary/aromatic N) is 1. The Labute approximate surface area is 115 Å². The summed E-state index contributed by atoms with van der Waals surface area (Å²) in [5, 5.41) is 0. The predicted molar refractivity (Wildman–Crippen MR) is 78.2 cm³/mol. The highest BCUT2D eigenvalue weighted by Gasteiger charge is 2.12. The van der Waals surface area contributed by atoms with Crippen molar-refractivity contribution >= 4 is 11.7 Å². The fraction of sp³-hybridized carbons (Fsp3) is 0.533. The summed E-state index contributed by atoms with van der Waals surface area (Å²) in [4.78, 5) is 13.6. The molecule has 1 aromatic rings. The number of hydrogen-bond acceptors (Lipinski definition) is 4. The molecule has 4 heteroatoms. The van der Waals surface area contributed by atoms with Gasteiger partial charge >= 0.3 is 5.97 Å². The van der Waals surface area contributed by atoms with Crippen molar-refractivity contribution in [2.75, 3.05) is 24.6 Å². The van der Waals surface area contributed by atoms with E-state index in [0.717, 1.165) is 18.7 Å². The quantitative estimate of drug-likeness (QED) is 0.769. The van der Waals surface area contributed by atoms with Crippen LogP contribution in [0, 0.1) is 0 Å². The maximum Gasteiger partial charge on any atom is 0.307 e. The number of benzene rings is 1. The molecule has 19 heavy (non-hydrogen) atoms. The average Bonchev–Trinajstić information content (AvgIpc) is 2.41. The van der Waals surface area contributed by atoms with Crippen molar-refractivity contribution in [3.63, 3.8) is 0 Å². The standard InChI is InChI=1S/C15H24N2O2/c1-4-17(5-2)13-9-7-12(8-10-13)14(16)11-15(18)19-6-3/h7-10,14H,4-6,11,16H2,1-3H3/t14-/m0/s1. The van der Waals surface area contributed by atoms with Crippen molar-refractivity contribution < 1.29 is 9.53 Å². The van der Waals surface area contributed by atoms with E-state index in [1.54, 1.807) is 6.92 Å². The Morgan fingerprint density at radius 2 is 1.79 bits per heavy atom. The Kier molecular flexibility index (Phi) is 6.36. The van der Waals surface area contributed by atoms with Gasteiger partial charge in [0.15, 0.2) is 0 Å². The second kappa shape index (κ2) is 7.79. The Morgan fingerprint density at radius 3 is 2.26 bits per heavy atom. The molecule has 0 spiro atoms. The van der Waals surface area contributed by atoms with E-state index >= 15 is 0 Å². The second-order valence-corrected chi connectivity index (χ2v) is 4.38. The first-order chi connectivity index (χ1) is 9.12. The van der Waals surface area contributed by atoms with Gasteiger partial charge in [-0.3, -0.25) is 4.79 Å². The topological polar surface area (TPSA) is 55.6 Å². The van der Waals surface area contributed by atoms with E-state index in [0.29, 0.717) is 6.61 Å². The third kappa shape index (κ3) is 4.56. The van der Waals surface area contributed by atoms with Crippen LogP contribution in [0.5, 0.6) is 0 Å². The minimum absolute atomic E-state index is 0.221. The molecule has 0 aliphatic carbocycles. The van der Waals surface area contributed by atoms with Gasteiger partial charge in [-0.1, -0.05) is 12.1 Å². The van der Waals surface area contributed by atoms with Crippen LogP contribution in [0.2, 0.25) is 0 Å². The van der Waals surface area contributed by atoms with Gasteiger partial charge in [0, 0.05) is 24.8 Å². The summed E-state index contributed by atoms with van der Waals surface area (Å²) in [6.45, 7) is 8.40. The average molecular weight is 264 g/mol. The van der Waals surface area contributed by atoms with E-state index < -0.39 is 0 Å². The zero-order chi connectivity index (χ0) is 14.3. The molecule has 2 N–H and O–H groups in total. The monoisotopic (exact) mass is 264 g/mol. The summed E-state index contributed by atoms with van der Waals surface area (Å²) in [7, 11) is 0. The molecule has 0 saturated carbocycles. The minimum atomic E-state index is -0.301. The molecular formula is C15H24N2O2. The van der Waals surface area contributed by atoms with Crippen LogP contribution in [0.15, 0.2) is 24.3 Å². The lowest BCUT2D eigenvalue weighted by molar-refractivity contribution is -0.143. The number of rotatable bonds is 7. The van der Waals surface area contributed by atoms with Crippen molar-refractivity contribution in [3.05, 3.63) is 29.8 Å². The fourth-order valence-electron chi connectivity index (χ4n) is 2.04. The molecule has 1 atom stereocenters. The van der Waals surface area contributed by atoms with Gasteiger partial charge in [-0.25, -0.2) is 0 Å². The Morgan fingerprint density at radius 1 is 1.21 bits per heavy atom. The third-order valence-electron chi connectivity index (χ3n) is 3.14. The highest BCUT2D eigenvalue weighted by atomic mass is 16.5. The number of anilines is 1. The van der Waals surface area contributed by atoms with E-state index in [2.05, 4.69) is 18.7 Å². The second-order valence-electron chi connectivity index (χ2n) is 4.38. The van der Waals surface area contributed by atoms with Gasteiger partial charge in [0.2, 0.25) is 0 Å². The first-order valence-electron chi connectivity index (χ1n) is 6.88. The molecule has 0 radical (unpaired) electrons. The predicted octanol–water partition coefficient (Wildman–Crippen LogP) is 2.49. The number of ether oxygens (including phenoxy) is 1. The summed E-state index contributed by atoms with van der Waals surface area (Å²) in [6, 6.07) is 7.76. The lowest BCUT2D eigenvalue weighted by Gasteiger charge is -2.21. The van der Waals surface area contributed by atoms with Crippen LogP contribution in [0.3, 0.4) is 0 Å². The van der Waals surface area contributed by atoms with E-state index in [1.807, 2.05) is 24.3 Å². The molecule has 0 fully saturated rings. The van der Waals surface area contributed by atoms with Crippen LogP contribution in [0.4, 0.5) is 5.69 Å². The molecule has 0 aliphatic rings. The zero-order valence-electron chi connectivity index (χ0n) is 12.1. The highest BCUT2D eigenvalue weighted by Crippen LogP contribution is 2.20. The number of nitrogens with two attached hydrogens (primary N) is 1. The van der Waals surface area contributed by atoms with Gasteiger partial charge in [0.05, 0.1) is 13.0 Å². The smallest absolute Gasteiger partial charge is 0.307 e. The Balaban J connectivity index is 2.67. The summed E-state index contributed by atoms with van der Waals surface area (Å²) < 4.78 is 4.90. The van der Waals surface area contributed by atoms with Crippen LogP contribution in [-0.2, 0) is 9.53 Å². The summed E-state index contributed by atoms with van der Waals surface area (Å²) in [5.74, 6) is -0.247. The van der Waals surface area contributed by atoms with Crippen molar-refractivity contribution in [2.45, 2.75) is 33.2 Å². The maximum absolute atomic E-state index is 11.4. The Bertz CT molecular complexity index is 386. The molecule has 0 unspecified atom stereocenters. The normalized spacial score (nSPS) is 12.0. The molecular weight excluding hydrogens is 240 g/mol. The van der Waals surface area contributed by atoms with Crippen LogP contribution in [-0.4, -0.2) is 25.7 Å². The largest absolute Gasteiger partial charge is 0.466 e. The maximum atomic E-state index is 11.4. The van der Waals surface area contributed by atoms with Crippen molar-refractivity contribution in [1.82, 2.24) is 0 Å². The van der Waals surface area contributed by atoms with Crippen molar-refractivity contribution in [1.29, 1.82) is 0 Å².